The van der Waals surface area contributed by atoms with Gasteiger partial charge in [-0.1, -0.05) is 0 Å². The van der Waals surface area contributed by atoms with E-state index >= 15 is 0 Å². The smallest absolute Gasteiger partial charge is 0.254 e. The average Bonchev–Trinajstić information content (AvgIpc) is 2.79. The zero-order chi connectivity index (χ0) is 17.2. The van der Waals surface area contributed by atoms with Crippen LogP contribution < -0.4 is 15.5 Å². The summed E-state index contributed by atoms with van der Waals surface area (Å²) in [6, 6.07) is 3.60. The number of pyridine rings is 1. The van der Waals surface area contributed by atoms with Crippen LogP contribution in [0.5, 0.6) is 0 Å². The molecule has 0 aromatic carbocycles. The van der Waals surface area contributed by atoms with Crippen LogP contribution in [0.1, 0.15) is 29.6 Å². The molecule has 1 atom stereocenters. The maximum Gasteiger partial charge on any atom is 0.254 e. The van der Waals surface area contributed by atoms with Crippen molar-refractivity contribution in [3.8, 4) is 0 Å². The number of carbonyl (C=O) groups is 2. The Morgan fingerprint density at radius 1 is 1.38 bits per heavy atom. The molecule has 7 nitrogen and oxygen atoms in total. The molecular formula is C17H25N5O2. The van der Waals surface area contributed by atoms with Crippen LogP contribution in [0.3, 0.4) is 0 Å². The first-order valence-electron chi connectivity index (χ1n) is 8.46. The van der Waals surface area contributed by atoms with Gasteiger partial charge in [0.15, 0.2) is 0 Å². The Bertz CT molecular complexity index is 635. The molecule has 130 valence electrons. The summed E-state index contributed by atoms with van der Waals surface area (Å²) in [5.41, 5.74) is 0.539. The molecule has 0 bridgehead atoms. The fourth-order valence-electron chi connectivity index (χ4n) is 3.74. The SMILES string of the molecule is CNC(=O)c1cccnc1N1CCN(C)[C@@]2(CCNC(=O)CC2)C1. The van der Waals surface area contributed by atoms with Crippen molar-refractivity contribution in [3.05, 3.63) is 23.9 Å². The average molecular weight is 331 g/mol. The van der Waals surface area contributed by atoms with Gasteiger partial charge >= 0.3 is 0 Å². The Morgan fingerprint density at radius 2 is 2.21 bits per heavy atom. The highest BCUT2D eigenvalue weighted by molar-refractivity contribution is 5.98. The molecule has 3 rings (SSSR count). The number of rotatable bonds is 2. The minimum Gasteiger partial charge on any atom is -0.356 e. The van der Waals surface area contributed by atoms with Crippen molar-refractivity contribution in [2.45, 2.75) is 24.8 Å². The summed E-state index contributed by atoms with van der Waals surface area (Å²) in [6.07, 6.45) is 4.01. The molecule has 1 spiro atoms. The van der Waals surface area contributed by atoms with Crippen molar-refractivity contribution >= 4 is 17.6 Å². The van der Waals surface area contributed by atoms with Gasteiger partial charge in [-0.2, -0.15) is 0 Å². The molecule has 0 unspecified atom stereocenters. The molecule has 24 heavy (non-hydrogen) atoms. The quantitative estimate of drug-likeness (QED) is 0.811. The lowest BCUT2D eigenvalue weighted by Gasteiger charge is -2.49. The van der Waals surface area contributed by atoms with E-state index in [0.29, 0.717) is 18.5 Å². The number of nitrogens with zero attached hydrogens (tertiary/aromatic N) is 3. The van der Waals surface area contributed by atoms with E-state index in [2.05, 4.69) is 32.5 Å². The Hall–Kier alpha value is -2.15. The van der Waals surface area contributed by atoms with Gasteiger partial charge in [-0.25, -0.2) is 4.98 Å². The second kappa shape index (κ2) is 6.76. The van der Waals surface area contributed by atoms with Crippen molar-refractivity contribution in [2.24, 2.45) is 0 Å². The molecule has 2 aliphatic rings. The Morgan fingerprint density at radius 3 is 3.00 bits per heavy atom. The van der Waals surface area contributed by atoms with Gasteiger partial charge in [-0.05, 0) is 32.0 Å². The Labute approximate surface area is 142 Å². The number of aromatic nitrogens is 1. The first kappa shape index (κ1) is 16.7. The van der Waals surface area contributed by atoms with Crippen molar-refractivity contribution < 1.29 is 9.59 Å². The molecule has 2 aliphatic heterocycles. The van der Waals surface area contributed by atoms with Gasteiger partial charge in [0.2, 0.25) is 5.91 Å². The zero-order valence-corrected chi connectivity index (χ0v) is 14.3. The van der Waals surface area contributed by atoms with E-state index in [1.165, 1.54) is 0 Å². The molecule has 0 radical (unpaired) electrons. The van der Waals surface area contributed by atoms with Gasteiger partial charge in [-0.15, -0.1) is 0 Å². The van der Waals surface area contributed by atoms with E-state index in [0.717, 1.165) is 38.3 Å². The van der Waals surface area contributed by atoms with Crippen LogP contribution in [0.2, 0.25) is 0 Å². The number of nitrogens with one attached hydrogen (secondary N) is 2. The maximum atomic E-state index is 12.2. The van der Waals surface area contributed by atoms with Crippen LogP contribution >= 0.6 is 0 Å². The predicted molar refractivity (Wildman–Crippen MR) is 92.1 cm³/mol. The third-order valence-corrected chi connectivity index (χ3v) is 5.29. The van der Waals surface area contributed by atoms with Crippen molar-refractivity contribution in [2.75, 3.05) is 45.2 Å². The van der Waals surface area contributed by atoms with E-state index in [4.69, 9.17) is 0 Å². The van der Waals surface area contributed by atoms with E-state index in [9.17, 15) is 9.59 Å². The summed E-state index contributed by atoms with van der Waals surface area (Å²) in [7, 11) is 3.76. The van der Waals surface area contributed by atoms with Crippen LogP contribution in [0.4, 0.5) is 5.82 Å². The second-order valence-corrected chi connectivity index (χ2v) is 6.62. The highest BCUT2D eigenvalue weighted by Gasteiger charge is 2.41. The zero-order valence-electron chi connectivity index (χ0n) is 14.3. The molecule has 3 heterocycles. The number of likely N-dealkylation sites (N-methyl/N-ethyl adjacent to an activating group) is 1. The predicted octanol–water partition coefficient (Wildman–Crippen LogP) is 0.232. The monoisotopic (exact) mass is 331 g/mol. The van der Waals surface area contributed by atoms with E-state index in [-0.39, 0.29) is 17.4 Å². The maximum absolute atomic E-state index is 12.2. The van der Waals surface area contributed by atoms with Gasteiger partial charge < -0.3 is 15.5 Å². The van der Waals surface area contributed by atoms with Gasteiger partial charge in [0.1, 0.15) is 5.82 Å². The van der Waals surface area contributed by atoms with E-state index < -0.39 is 0 Å². The number of anilines is 1. The third kappa shape index (κ3) is 3.08. The van der Waals surface area contributed by atoms with Gasteiger partial charge in [0.25, 0.3) is 5.91 Å². The van der Waals surface area contributed by atoms with Gasteiger partial charge in [-0.3, -0.25) is 14.5 Å². The summed E-state index contributed by atoms with van der Waals surface area (Å²) in [4.78, 5) is 32.9. The second-order valence-electron chi connectivity index (χ2n) is 6.62. The van der Waals surface area contributed by atoms with Crippen LogP contribution in [-0.4, -0.2) is 67.5 Å². The summed E-state index contributed by atoms with van der Waals surface area (Å²) >= 11 is 0. The van der Waals surface area contributed by atoms with Crippen LogP contribution in [0.25, 0.3) is 0 Å². The van der Waals surface area contributed by atoms with Gasteiger partial charge in [0.05, 0.1) is 5.56 Å². The number of hydrogen-bond donors (Lipinski definition) is 2. The fraction of sp³-hybridized carbons (Fsp3) is 0.588. The largest absolute Gasteiger partial charge is 0.356 e. The van der Waals surface area contributed by atoms with Crippen LogP contribution in [0.15, 0.2) is 18.3 Å². The first-order chi connectivity index (χ1) is 11.6. The van der Waals surface area contributed by atoms with Crippen LogP contribution in [0, 0.1) is 0 Å². The topological polar surface area (TPSA) is 77.6 Å². The molecule has 2 N–H and O–H groups in total. The summed E-state index contributed by atoms with van der Waals surface area (Å²) in [5, 5.41) is 5.65. The number of amides is 2. The molecular weight excluding hydrogens is 306 g/mol. The van der Waals surface area contributed by atoms with Crippen LogP contribution in [-0.2, 0) is 4.79 Å². The minimum atomic E-state index is -0.121. The molecule has 1 aromatic rings. The lowest BCUT2D eigenvalue weighted by atomic mass is 9.86. The number of carbonyl (C=O) groups excluding carboxylic acids is 2. The Kier molecular flexibility index (Phi) is 4.71. The van der Waals surface area contributed by atoms with Crippen molar-refractivity contribution in [1.29, 1.82) is 0 Å². The normalized spacial score (nSPS) is 25.2. The minimum absolute atomic E-state index is 0.0606. The Balaban J connectivity index is 1.88. The lowest BCUT2D eigenvalue weighted by Crippen LogP contribution is -2.61. The molecule has 0 aliphatic carbocycles. The third-order valence-electron chi connectivity index (χ3n) is 5.29. The summed E-state index contributed by atoms with van der Waals surface area (Å²) in [6.45, 7) is 3.18. The first-order valence-corrected chi connectivity index (χ1v) is 8.46. The van der Waals surface area contributed by atoms with E-state index in [1.807, 2.05) is 6.07 Å². The molecule has 2 amide bonds. The highest BCUT2D eigenvalue weighted by atomic mass is 16.2. The molecule has 2 saturated heterocycles. The molecule has 0 saturated carbocycles. The van der Waals surface area contributed by atoms with Gasteiger partial charge in [0, 0.05) is 51.4 Å². The summed E-state index contributed by atoms with van der Waals surface area (Å²) in [5.74, 6) is 0.734. The van der Waals surface area contributed by atoms with Crippen molar-refractivity contribution in [3.63, 3.8) is 0 Å². The lowest BCUT2D eigenvalue weighted by molar-refractivity contribution is -0.120. The molecule has 7 heteroatoms. The fourth-order valence-corrected chi connectivity index (χ4v) is 3.74. The van der Waals surface area contributed by atoms with Crippen molar-refractivity contribution in [1.82, 2.24) is 20.5 Å². The number of hydrogen-bond acceptors (Lipinski definition) is 5. The highest BCUT2D eigenvalue weighted by Crippen LogP contribution is 2.32. The molecule has 1 aromatic heterocycles. The summed E-state index contributed by atoms with van der Waals surface area (Å²) < 4.78 is 0. The molecule has 2 fully saturated rings. The van der Waals surface area contributed by atoms with E-state index in [1.54, 1.807) is 19.3 Å². The number of piperazine rings is 1. The standard InChI is InChI=1S/C17H25N5O2/c1-18-16(24)13-4-3-8-20-15(13)22-11-10-21(2)17(12-22)6-5-14(23)19-9-7-17/h3-4,8H,5-7,9-12H2,1-2H3,(H,18,24)(H,19,23)/t17-/m0/s1.